The monoisotopic (exact) mass is 359 g/mol. The largest absolute Gasteiger partial charge is 0.477 e. The van der Waals surface area contributed by atoms with E-state index in [-0.39, 0.29) is 17.0 Å². The molecule has 1 aliphatic carbocycles. The third-order valence-corrected chi connectivity index (χ3v) is 5.08. The summed E-state index contributed by atoms with van der Waals surface area (Å²) in [5.74, 6) is -1.86. The van der Waals surface area contributed by atoms with Gasteiger partial charge in [0.25, 0.3) is 0 Å². The van der Waals surface area contributed by atoms with Gasteiger partial charge in [-0.25, -0.2) is 9.18 Å². The molecule has 2 aliphatic rings. The number of benzene rings is 1. The van der Waals surface area contributed by atoms with E-state index >= 15 is 0 Å². The zero-order chi connectivity index (χ0) is 18.4. The minimum absolute atomic E-state index is 0.0876. The average Bonchev–Trinajstić information content (AvgIpc) is 3.47. The fourth-order valence-electron chi connectivity index (χ4n) is 3.48. The molecule has 1 aromatic heterocycles. The molecular weight excluding hydrogens is 341 g/mol. The van der Waals surface area contributed by atoms with Crippen LogP contribution in [0.5, 0.6) is 0 Å². The Bertz CT molecular complexity index is 959. The number of anilines is 1. The molecule has 4 rings (SSSR count). The molecule has 2 heterocycles. The minimum Gasteiger partial charge on any atom is -0.477 e. The Morgan fingerprint density at radius 2 is 1.88 bits per heavy atom. The van der Waals surface area contributed by atoms with E-state index in [1.807, 2.05) is 4.90 Å². The van der Waals surface area contributed by atoms with Gasteiger partial charge in [-0.3, -0.25) is 9.59 Å². The molecule has 8 heteroatoms. The number of hydrogen-bond donors (Lipinski definition) is 1. The van der Waals surface area contributed by atoms with Crippen LogP contribution in [0.2, 0.25) is 0 Å². The van der Waals surface area contributed by atoms with Crippen LogP contribution in [0.25, 0.3) is 10.9 Å². The zero-order valence-electron chi connectivity index (χ0n) is 14.0. The normalized spacial score (nSPS) is 17.6. The predicted molar refractivity (Wildman–Crippen MR) is 93.2 cm³/mol. The number of aromatic carboxylic acids is 1. The number of carboxylic acid groups (broad SMARTS) is 1. The van der Waals surface area contributed by atoms with Crippen LogP contribution in [-0.2, 0) is 4.79 Å². The molecule has 1 aromatic carbocycles. The van der Waals surface area contributed by atoms with E-state index in [1.54, 1.807) is 15.5 Å². The van der Waals surface area contributed by atoms with Gasteiger partial charge in [-0.05, 0) is 25.0 Å². The van der Waals surface area contributed by atoms with Crippen molar-refractivity contribution in [1.82, 2.24) is 9.47 Å². The third-order valence-electron chi connectivity index (χ3n) is 5.08. The van der Waals surface area contributed by atoms with Crippen LogP contribution >= 0.6 is 0 Å². The summed E-state index contributed by atoms with van der Waals surface area (Å²) in [6.07, 6.45) is 3.96. The molecule has 1 amide bonds. The number of pyridine rings is 1. The Labute approximate surface area is 148 Å². The molecule has 1 saturated carbocycles. The van der Waals surface area contributed by atoms with E-state index in [0.717, 1.165) is 25.3 Å². The molecule has 0 bridgehead atoms. The van der Waals surface area contributed by atoms with Gasteiger partial charge in [-0.2, -0.15) is 0 Å². The fourth-order valence-corrected chi connectivity index (χ4v) is 3.48. The number of carboxylic acids is 1. The van der Waals surface area contributed by atoms with E-state index in [4.69, 9.17) is 0 Å². The van der Waals surface area contributed by atoms with Gasteiger partial charge in [0, 0.05) is 43.8 Å². The van der Waals surface area contributed by atoms with Gasteiger partial charge in [-0.1, -0.05) is 0 Å². The van der Waals surface area contributed by atoms with Crippen LogP contribution in [0.15, 0.2) is 23.1 Å². The number of nitrogens with zero attached hydrogens (tertiary/aromatic N) is 3. The number of piperazine rings is 1. The smallest absolute Gasteiger partial charge is 0.341 e. The summed E-state index contributed by atoms with van der Waals surface area (Å²) in [6.45, 7) is 2.02. The van der Waals surface area contributed by atoms with Crippen molar-refractivity contribution in [2.75, 3.05) is 31.1 Å². The highest BCUT2D eigenvalue weighted by atomic mass is 19.1. The molecule has 1 aliphatic heterocycles. The van der Waals surface area contributed by atoms with E-state index in [1.165, 1.54) is 6.20 Å². The summed E-state index contributed by atoms with van der Waals surface area (Å²) >= 11 is 0. The van der Waals surface area contributed by atoms with E-state index in [2.05, 4.69) is 0 Å². The van der Waals surface area contributed by atoms with Gasteiger partial charge in [0.05, 0.1) is 11.2 Å². The minimum atomic E-state index is -1.30. The third kappa shape index (κ3) is 2.71. The average molecular weight is 359 g/mol. The molecule has 0 spiro atoms. The molecule has 26 heavy (non-hydrogen) atoms. The van der Waals surface area contributed by atoms with Crippen LogP contribution in [0.3, 0.4) is 0 Å². The van der Waals surface area contributed by atoms with Gasteiger partial charge in [0.15, 0.2) is 0 Å². The summed E-state index contributed by atoms with van der Waals surface area (Å²) in [4.78, 5) is 38.2. The van der Waals surface area contributed by atoms with Crippen molar-refractivity contribution in [2.24, 2.45) is 0 Å². The molecule has 0 unspecified atom stereocenters. The second kappa shape index (κ2) is 6.12. The SMILES string of the molecule is O=CN1CCN(c2cc3c(cc2F)c(=O)c(C(=O)O)cn3C2CC2)CC1. The molecule has 2 fully saturated rings. The Balaban J connectivity index is 1.85. The van der Waals surface area contributed by atoms with Crippen LogP contribution in [0.1, 0.15) is 29.2 Å². The number of halogens is 1. The quantitative estimate of drug-likeness (QED) is 0.836. The number of amides is 1. The first-order valence-corrected chi connectivity index (χ1v) is 8.55. The summed E-state index contributed by atoms with van der Waals surface area (Å²) in [5.41, 5.74) is -0.0755. The van der Waals surface area contributed by atoms with E-state index < -0.39 is 17.2 Å². The van der Waals surface area contributed by atoms with Gasteiger partial charge >= 0.3 is 5.97 Å². The Kier molecular flexibility index (Phi) is 3.90. The van der Waals surface area contributed by atoms with Gasteiger partial charge in [-0.15, -0.1) is 0 Å². The number of rotatable bonds is 4. The van der Waals surface area contributed by atoms with Crippen LogP contribution in [0, 0.1) is 5.82 Å². The van der Waals surface area contributed by atoms with Crippen molar-refractivity contribution in [3.8, 4) is 0 Å². The van der Waals surface area contributed by atoms with Crippen molar-refractivity contribution in [2.45, 2.75) is 18.9 Å². The number of fused-ring (bicyclic) bond motifs is 1. The lowest BCUT2D eigenvalue weighted by atomic mass is 10.1. The topological polar surface area (TPSA) is 82.8 Å². The van der Waals surface area contributed by atoms with Crippen molar-refractivity contribution < 1.29 is 19.1 Å². The summed E-state index contributed by atoms with van der Waals surface area (Å²) in [7, 11) is 0. The van der Waals surface area contributed by atoms with Crippen molar-refractivity contribution in [1.29, 1.82) is 0 Å². The lowest BCUT2D eigenvalue weighted by molar-refractivity contribution is -0.118. The first kappa shape index (κ1) is 16.6. The molecule has 7 nitrogen and oxygen atoms in total. The molecule has 0 radical (unpaired) electrons. The van der Waals surface area contributed by atoms with Crippen molar-refractivity contribution in [3.63, 3.8) is 0 Å². The lowest BCUT2D eigenvalue weighted by Crippen LogP contribution is -2.46. The Morgan fingerprint density at radius 3 is 2.46 bits per heavy atom. The van der Waals surface area contributed by atoms with E-state index in [0.29, 0.717) is 37.4 Å². The van der Waals surface area contributed by atoms with Gasteiger partial charge in [0.1, 0.15) is 11.4 Å². The molecule has 1 N–H and O–H groups in total. The molecule has 2 aromatic rings. The maximum atomic E-state index is 14.7. The fraction of sp³-hybridized carbons (Fsp3) is 0.389. The second-order valence-electron chi connectivity index (χ2n) is 6.76. The highest BCUT2D eigenvalue weighted by Gasteiger charge is 2.28. The first-order valence-electron chi connectivity index (χ1n) is 8.55. The number of hydrogen-bond acceptors (Lipinski definition) is 4. The van der Waals surface area contributed by atoms with Gasteiger partial charge in [0.2, 0.25) is 11.8 Å². The lowest BCUT2D eigenvalue weighted by Gasteiger charge is -2.34. The summed E-state index contributed by atoms with van der Waals surface area (Å²) < 4.78 is 16.5. The highest BCUT2D eigenvalue weighted by Crippen LogP contribution is 2.38. The summed E-state index contributed by atoms with van der Waals surface area (Å²) in [6, 6.07) is 2.92. The van der Waals surface area contributed by atoms with Crippen molar-refractivity contribution >= 4 is 29.0 Å². The highest BCUT2D eigenvalue weighted by molar-refractivity contribution is 5.93. The Morgan fingerprint density at radius 1 is 1.19 bits per heavy atom. The molecule has 0 atom stereocenters. The van der Waals surface area contributed by atoms with Crippen LogP contribution in [0.4, 0.5) is 10.1 Å². The summed E-state index contributed by atoms with van der Waals surface area (Å²) in [5, 5.41) is 9.37. The second-order valence-corrected chi connectivity index (χ2v) is 6.76. The molecular formula is C18H18FN3O4. The van der Waals surface area contributed by atoms with Crippen LogP contribution in [-0.4, -0.2) is 53.1 Å². The van der Waals surface area contributed by atoms with Crippen molar-refractivity contribution in [3.05, 3.63) is 39.9 Å². The standard InChI is InChI=1S/C18H18FN3O4/c19-14-7-12-15(8-16(14)21-5-3-20(10-23)4-6-21)22(11-1-2-11)9-13(17(12)24)18(25)26/h7-11H,1-6H2,(H,25,26). The maximum Gasteiger partial charge on any atom is 0.341 e. The number of carbonyl (C=O) groups is 2. The molecule has 1 saturated heterocycles. The Hall–Kier alpha value is -2.90. The number of carbonyl (C=O) groups excluding carboxylic acids is 1. The zero-order valence-corrected chi connectivity index (χ0v) is 14.0. The van der Waals surface area contributed by atoms with E-state index in [9.17, 15) is 23.9 Å². The number of aromatic nitrogens is 1. The molecule has 136 valence electrons. The predicted octanol–water partition coefficient (Wildman–Crippen LogP) is 1.45. The first-order chi connectivity index (χ1) is 12.5. The maximum absolute atomic E-state index is 14.7. The van der Waals surface area contributed by atoms with Gasteiger partial charge < -0.3 is 19.5 Å². The van der Waals surface area contributed by atoms with Crippen LogP contribution < -0.4 is 10.3 Å².